The Balaban J connectivity index is 2.24. The molecule has 0 unspecified atom stereocenters. The largest absolute Gasteiger partial charge is 0.385 e. The highest BCUT2D eigenvalue weighted by molar-refractivity contribution is 7.11. The SMILES string of the molecule is CN=C(NCCCOC)NCCc1sc(C)nc1C. The van der Waals surface area contributed by atoms with Gasteiger partial charge in [-0.1, -0.05) is 0 Å². The molecule has 1 rings (SSSR count). The number of aromatic nitrogens is 1. The molecule has 0 saturated heterocycles. The van der Waals surface area contributed by atoms with Gasteiger partial charge in [0.25, 0.3) is 0 Å². The van der Waals surface area contributed by atoms with Crippen LogP contribution in [0.4, 0.5) is 0 Å². The molecule has 0 atom stereocenters. The van der Waals surface area contributed by atoms with Gasteiger partial charge in [0.2, 0.25) is 0 Å². The number of methoxy groups -OCH3 is 1. The Morgan fingerprint density at radius 3 is 2.63 bits per heavy atom. The topological polar surface area (TPSA) is 58.5 Å². The van der Waals surface area contributed by atoms with Crippen molar-refractivity contribution in [1.82, 2.24) is 15.6 Å². The minimum Gasteiger partial charge on any atom is -0.385 e. The Morgan fingerprint density at radius 2 is 2.05 bits per heavy atom. The molecule has 0 aliphatic rings. The van der Waals surface area contributed by atoms with Crippen LogP contribution >= 0.6 is 11.3 Å². The van der Waals surface area contributed by atoms with E-state index >= 15 is 0 Å². The maximum absolute atomic E-state index is 5.01. The van der Waals surface area contributed by atoms with Crippen molar-refractivity contribution in [2.45, 2.75) is 26.7 Å². The molecular weight excluding hydrogens is 260 g/mol. The lowest BCUT2D eigenvalue weighted by atomic mass is 10.3. The molecule has 1 heterocycles. The summed E-state index contributed by atoms with van der Waals surface area (Å²) < 4.78 is 5.01. The molecule has 0 fully saturated rings. The third kappa shape index (κ3) is 6.02. The maximum atomic E-state index is 5.01. The zero-order valence-electron chi connectivity index (χ0n) is 12.2. The van der Waals surface area contributed by atoms with Gasteiger partial charge in [0, 0.05) is 45.2 Å². The van der Waals surface area contributed by atoms with Crippen LogP contribution in [0.15, 0.2) is 4.99 Å². The minimum absolute atomic E-state index is 0.767. The van der Waals surface area contributed by atoms with Crippen molar-refractivity contribution in [2.75, 3.05) is 33.9 Å². The van der Waals surface area contributed by atoms with Gasteiger partial charge in [0.1, 0.15) is 0 Å². The molecule has 108 valence electrons. The fraction of sp³-hybridized carbons (Fsp3) is 0.692. The zero-order valence-corrected chi connectivity index (χ0v) is 13.1. The number of rotatable bonds is 7. The van der Waals surface area contributed by atoms with Crippen LogP contribution in [0.3, 0.4) is 0 Å². The van der Waals surface area contributed by atoms with Crippen molar-refractivity contribution in [2.24, 2.45) is 4.99 Å². The van der Waals surface area contributed by atoms with E-state index in [2.05, 4.69) is 27.5 Å². The average molecular weight is 284 g/mol. The number of aryl methyl sites for hydroxylation is 2. The lowest BCUT2D eigenvalue weighted by Crippen LogP contribution is -2.38. The number of hydrogen-bond donors (Lipinski definition) is 2. The van der Waals surface area contributed by atoms with E-state index in [4.69, 9.17) is 4.74 Å². The first-order valence-electron chi connectivity index (χ1n) is 6.53. The first-order chi connectivity index (χ1) is 9.17. The van der Waals surface area contributed by atoms with Crippen molar-refractivity contribution < 1.29 is 4.74 Å². The second-order valence-corrected chi connectivity index (χ2v) is 5.55. The molecule has 0 spiro atoms. The highest BCUT2D eigenvalue weighted by atomic mass is 32.1. The number of thiazole rings is 1. The molecule has 0 aliphatic carbocycles. The van der Waals surface area contributed by atoms with E-state index in [1.807, 2.05) is 6.92 Å². The second-order valence-electron chi connectivity index (χ2n) is 4.26. The lowest BCUT2D eigenvalue weighted by Gasteiger charge is -2.11. The van der Waals surface area contributed by atoms with Gasteiger partial charge in [-0.3, -0.25) is 4.99 Å². The lowest BCUT2D eigenvalue weighted by molar-refractivity contribution is 0.195. The van der Waals surface area contributed by atoms with Crippen LogP contribution in [0.5, 0.6) is 0 Å². The van der Waals surface area contributed by atoms with E-state index in [9.17, 15) is 0 Å². The summed E-state index contributed by atoms with van der Waals surface area (Å²) in [5.41, 5.74) is 1.15. The Bertz CT molecular complexity index is 403. The van der Waals surface area contributed by atoms with Gasteiger partial charge in [0.05, 0.1) is 10.7 Å². The van der Waals surface area contributed by atoms with E-state index in [1.165, 1.54) is 4.88 Å². The predicted octanol–water partition coefficient (Wildman–Crippen LogP) is 1.50. The van der Waals surface area contributed by atoms with Crippen molar-refractivity contribution >= 4 is 17.3 Å². The van der Waals surface area contributed by atoms with Gasteiger partial charge < -0.3 is 15.4 Å². The van der Waals surface area contributed by atoms with Crippen LogP contribution in [-0.2, 0) is 11.2 Å². The van der Waals surface area contributed by atoms with E-state index in [-0.39, 0.29) is 0 Å². The number of nitrogens with zero attached hydrogens (tertiary/aromatic N) is 2. The Morgan fingerprint density at radius 1 is 1.32 bits per heavy atom. The van der Waals surface area contributed by atoms with Crippen LogP contribution in [-0.4, -0.2) is 44.8 Å². The standard InChI is InChI=1S/C13H24N4OS/c1-10-12(19-11(2)17-10)6-8-16-13(14-3)15-7-5-9-18-4/h5-9H2,1-4H3,(H2,14,15,16). The minimum atomic E-state index is 0.767. The van der Waals surface area contributed by atoms with E-state index < -0.39 is 0 Å². The molecule has 0 bridgehead atoms. The molecule has 0 aromatic carbocycles. The quantitative estimate of drug-likeness (QED) is 0.453. The smallest absolute Gasteiger partial charge is 0.190 e. The van der Waals surface area contributed by atoms with Crippen molar-refractivity contribution in [3.05, 3.63) is 15.6 Å². The fourth-order valence-electron chi connectivity index (χ4n) is 1.74. The van der Waals surface area contributed by atoms with Crippen molar-refractivity contribution in [3.63, 3.8) is 0 Å². The van der Waals surface area contributed by atoms with Gasteiger partial charge in [-0.25, -0.2) is 4.98 Å². The molecule has 6 heteroatoms. The van der Waals surface area contributed by atoms with E-state index in [0.29, 0.717) is 0 Å². The first kappa shape index (κ1) is 15.9. The summed E-state index contributed by atoms with van der Waals surface area (Å²) in [6, 6.07) is 0. The normalized spacial score (nSPS) is 11.7. The van der Waals surface area contributed by atoms with Crippen molar-refractivity contribution in [1.29, 1.82) is 0 Å². The summed E-state index contributed by atoms with van der Waals surface area (Å²) in [5, 5.41) is 7.70. The third-order valence-corrected chi connectivity index (χ3v) is 3.82. The third-order valence-electron chi connectivity index (χ3n) is 2.69. The number of aliphatic imine (C=N–C) groups is 1. The number of guanidine groups is 1. The predicted molar refractivity (Wildman–Crippen MR) is 81.1 cm³/mol. The van der Waals surface area contributed by atoms with Gasteiger partial charge in [-0.2, -0.15) is 0 Å². The van der Waals surface area contributed by atoms with Gasteiger partial charge in [-0.05, 0) is 20.3 Å². The van der Waals surface area contributed by atoms with Crippen LogP contribution < -0.4 is 10.6 Å². The Hall–Kier alpha value is -1.14. The summed E-state index contributed by atoms with van der Waals surface area (Å²) in [6.45, 7) is 6.61. The summed E-state index contributed by atoms with van der Waals surface area (Å²) >= 11 is 1.77. The van der Waals surface area contributed by atoms with Crippen LogP contribution in [0.2, 0.25) is 0 Å². The average Bonchev–Trinajstić information content (AvgIpc) is 2.71. The summed E-state index contributed by atoms with van der Waals surface area (Å²) in [5.74, 6) is 0.843. The monoisotopic (exact) mass is 284 g/mol. The number of ether oxygens (including phenoxy) is 1. The van der Waals surface area contributed by atoms with Gasteiger partial charge >= 0.3 is 0 Å². The van der Waals surface area contributed by atoms with E-state index in [1.54, 1.807) is 25.5 Å². The fourth-order valence-corrected chi connectivity index (χ4v) is 2.68. The zero-order chi connectivity index (χ0) is 14.1. The highest BCUT2D eigenvalue weighted by Gasteiger charge is 2.04. The maximum Gasteiger partial charge on any atom is 0.190 e. The Kier molecular flexibility index (Phi) is 7.43. The van der Waals surface area contributed by atoms with E-state index in [0.717, 1.165) is 49.2 Å². The summed E-state index contributed by atoms with van der Waals surface area (Å²) in [4.78, 5) is 9.96. The molecule has 5 nitrogen and oxygen atoms in total. The second kappa shape index (κ2) is 8.87. The van der Waals surface area contributed by atoms with Crippen molar-refractivity contribution in [3.8, 4) is 0 Å². The Labute approximate surface area is 119 Å². The highest BCUT2D eigenvalue weighted by Crippen LogP contribution is 2.16. The summed E-state index contributed by atoms with van der Waals surface area (Å²) in [6.07, 6.45) is 1.96. The molecule has 0 radical (unpaired) electrons. The van der Waals surface area contributed by atoms with Crippen LogP contribution in [0, 0.1) is 13.8 Å². The molecule has 2 N–H and O–H groups in total. The van der Waals surface area contributed by atoms with Crippen LogP contribution in [0.25, 0.3) is 0 Å². The van der Waals surface area contributed by atoms with Gasteiger partial charge in [0.15, 0.2) is 5.96 Å². The summed E-state index contributed by atoms with van der Waals surface area (Å²) in [7, 11) is 3.50. The molecule has 0 aliphatic heterocycles. The number of hydrogen-bond acceptors (Lipinski definition) is 4. The number of nitrogens with one attached hydrogen (secondary N) is 2. The molecular formula is C13H24N4OS. The molecule has 19 heavy (non-hydrogen) atoms. The molecule has 1 aromatic rings. The van der Waals surface area contributed by atoms with Crippen LogP contribution in [0.1, 0.15) is 22.0 Å². The van der Waals surface area contributed by atoms with Gasteiger partial charge in [-0.15, -0.1) is 11.3 Å². The molecule has 0 amide bonds. The molecule has 1 aromatic heterocycles. The molecule has 0 saturated carbocycles. The first-order valence-corrected chi connectivity index (χ1v) is 7.35.